The Bertz CT molecular complexity index is 470. The summed E-state index contributed by atoms with van der Waals surface area (Å²) in [5.74, 6) is 0.105. The highest BCUT2D eigenvalue weighted by molar-refractivity contribution is 5.87. The molecule has 1 saturated heterocycles. The van der Waals surface area contributed by atoms with Crippen LogP contribution in [0.25, 0.3) is 0 Å². The SMILES string of the molecule is CC1(CNC(=O)C2Cc3ccccc3N2)CCOCC1. The Labute approximate surface area is 119 Å². The first-order chi connectivity index (χ1) is 9.66. The molecule has 1 aromatic carbocycles. The predicted molar refractivity (Wildman–Crippen MR) is 78.7 cm³/mol. The normalized spacial score (nSPS) is 23.8. The molecule has 2 aliphatic heterocycles. The molecule has 2 aliphatic rings. The number of anilines is 1. The number of para-hydroxylation sites is 1. The number of ether oxygens (including phenoxy) is 1. The third-order valence-corrected chi connectivity index (χ3v) is 4.48. The number of hydrogen-bond donors (Lipinski definition) is 2. The maximum atomic E-state index is 12.3. The van der Waals surface area contributed by atoms with Crippen LogP contribution < -0.4 is 10.6 Å². The summed E-state index contributed by atoms with van der Waals surface area (Å²) in [5.41, 5.74) is 2.49. The highest BCUT2D eigenvalue weighted by Gasteiger charge is 2.30. The van der Waals surface area contributed by atoms with E-state index in [1.165, 1.54) is 5.56 Å². The second-order valence-corrected chi connectivity index (χ2v) is 6.20. The van der Waals surface area contributed by atoms with Crippen LogP contribution in [0.3, 0.4) is 0 Å². The number of amides is 1. The molecule has 20 heavy (non-hydrogen) atoms. The van der Waals surface area contributed by atoms with Crippen molar-refractivity contribution in [2.75, 3.05) is 25.1 Å². The van der Waals surface area contributed by atoms with Crippen molar-refractivity contribution in [3.05, 3.63) is 29.8 Å². The number of carbonyl (C=O) groups excluding carboxylic acids is 1. The average Bonchev–Trinajstić information content (AvgIpc) is 2.89. The Morgan fingerprint density at radius 2 is 2.15 bits per heavy atom. The summed E-state index contributed by atoms with van der Waals surface area (Å²) in [6.07, 6.45) is 2.82. The Morgan fingerprint density at radius 3 is 2.90 bits per heavy atom. The van der Waals surface area contributed by atoms with Crippen LogP contribution in [0, 0.1) is 5.41 Å². The van der Waals surface area contributed by atoms with E-state index >= 15 is 0 Å². The minimum Gasteiger partial charge on any atom is -0.381 e. The van der Waals surface area contributed by atoms with Crippen LogP contribution in [0.15, 0.2) is 24.3 Å². The zero-order valence-electron chi connectivity index (χ0n) is 11.9. The van der Waals surface area contributed by atoms with Gasteiger partial charge in [0.2, 0.25) is 5.91 Å². The van der Waals surface area contributed by atoms with Crippen LogP contribution in [-0.4, -0.2) is 31.7 Å². The quantitative estimate of drug-likeness (QED) is 0.886. The molecular weight excluding hydrogens is 252 g/mol. The lowest BCUT2D eigenvalue weighted by Gasteiger charge is -2.33. The molecule has 0 bridgehead atoms. The van der Waals surface area contributed by atoms with Gasteiger partial charge in [0, 0.05) is 31.9 Å². The minimum atomic E-state index is -0.129. The van der Waals surface area contributed by atoms with Crippen LogP contribution in [0.1, 0.15) is 25.3 Å². The van der Waals surface area contributed by atoms with Crippen molar-refractivity contribution in [2.24, 2.45) is 5.41 Å². The van der Waals surface area contributed by atoms with Gasteiger partial charge in [0.25, 0.3) is 0 Å². The lowest BCUT2D eigenvalue weighted by molar-refractivity contribution is -0.122. The molecule has 0 saturated carbocycles. The molecule has 4 nitrogen and oxygen atoms in total. The fraction of sp³-hybridized carbons (Fsp3) is 0.562. The van der Waals surface area contributed by atoms with Gasteiger partial charge in [-0.2, -0.15) is 0 Å². The van der Waals surface area contributed by atoms with E-state index in [-0.39, 0.29) is 17.4 Å². The number of nitrogens with one attached hydrogen (secondary N) is 2. The zero-order chi connectivity index (χ0) is 14.0. The van der Waals surface area contributed by atoms with E-state index in [0.29, 0.717) is 0 Å². The van der Waals surface area contributed by atoms with Crippen LogP contribution in [0.2, 0.25) is 0 Å². The summed E-state index contributed by atoms with van der Waals surface area (Å²) in [6, 6.07) is 7.99. The Balaban J connectivity index is 1.53. The second-order valence-electron chi connectivity index (χ2n) is 6.20. The standard InChI is InChI=1S/C16H22N2O2/c1-16(6-8-20-9-7-16)11-17-15(19)14-10-12-4-2-3-5-13(12)18-14/h2-5,14,18H,6-11H2,1H3,(H,17,19). The van der Waals surface area contributed by atoms with Gasteiger partial charge in [0.15, 0.2) is 0 Å². The van der Waals surface area contributed by atoms with E-state index < -0.39 is 0 Å². The van der Waals surface area contributed by atoms with E-state index in [9.17, 15) is 4.79 Å². The maximum Gasteiger partial charge on any atom is 0.242 e. The van der Waals surface area contributed by atoms with E-state index in [1.807, 2.05) is 18.2 Å². The summed E-state index contributed by atoms with van der Waals surface area (Å²) in [6.45, 7) is 4.58. The molecule has 1 aromatic rings. The van der Waals surface area contributed by atoms with Gasteiger partial charge in [-0.15, -0.1) is 0 Å². The first-order valence-electron chi connectivity index (χ1n) is 7.36. The summed E-state index contributed by atoms with van der Waals surface area (Å²) >= 11 is 0. The van der Waals surface area contributed by atoms with Crippen LogP contribution >= 0.6 is 0 Å². The number of benzene rings is 1. The Kier molecular flexibility index (Phi) is 3.66. The van der Waals surface area contributed by atoms with Crippen LogP contribution in [0.5, 0.6) is 0 Å². The molecule has 0 spiro atoms. The molecule has 1 unspecified atom stereocenters. The van der Waals surface area contributed by atoms with E-state index in [1.54, 1.807) is 0 Å². The van der Waals surface area contributed by atoms with Crippen molar-refractivity contribution in [3.63, 3.8) is 0 Å². The van der Waals surface area contributed by atoms with E-state index in [2.05, 4.69) is 23.6 Å². The maximum absolute atomic E-state index is 12.3. The fourth-order valence-corrected chi connectivity index (χ4v) is 2.92. The largest absolute Gasteiger partial charge is 0.381 e. The van der Waals surface area contributed by atoms with E-state index in [0.717, 1.165) is 44.7 Å². The molecular formula is C16H22N2O2. The fourth-order valence-electron chi connectivity index (χ4n) is 2.92. The lowest BCUT2D eigenvalue weighted by atomic mass is 9.82. The van der Waals surface area contributed by atoms with Gasteiger partial charge in [-0.25, -0.2) is 0 Å². The van der Waals surface area contributed by atoms with Crippen molar-refractivity contribution >= 4 is 11.6 Å². The average molecular weight is 274 g/mol. The van der Waals surface area contributed by atoms with Gasteiger partial charge < -0.3 is 15.4 Å². The third kappa shape index (κ3) is 2.80. The number of hydrogen-bond acceptors (Lipinski definition) is 3. The van der Waals surface area contributed by atoms with Crippen molar-refractivity contribution in [3.8, 4) is 0 Å². The molecule has 0 aromatic heterocycles. The first kappa shape index (κ1) is 13.4. The van der Waals surface area contributed by atoms with E-state index in [4.69, 9.17) is 4.74 Å². The monoisotopic (exact) mass is 274 g/mol. The van der Waals surface area contributed by atoms with Gasteiger partial charge in [-0.05, 0) is 29.9 Å². The van der Waals surface area contributed by atoms with Crippen molar-refractivity contribution in [2.45, 2.75) is 32.2 Å². The minimum absolute atomic E-state index is 0.105. The molecule has 3 rings (SSSR count). The van der Waals surface area contributed by atoms with Gasteiger partial charge in [0.05, 0.1) is 0 Å². The molecule has 2 heterocycles. The summed E-state index contributed by atoms with van der Waals surface area (Å²) in [7, 11) is 0. The van der Waals surface area contributed by atoms with Crippen LogP contribution in [0.4, 0.5) is 5.69 Å². The number of fused-ring (bicyclic) bond motifs is 1. The van der Waals surface area contributed by atoms with Crippen molar-refractivity contribution < 1.29 is 9.53 Å². The smallest absolute Gasteiger partial charge is 0.242 e. The second kappa shape index (κ2) is 5.44. The predicted octanol–water partition coefficient (Wildman–Crippen LogP) is 1.96. The lowest BCUT2D eigenvalue weighted by Crippen LogP contribution is -2.44. The third-order valence-electron chi connectivity index (χ3n) is 4.48. The molecule has 0 aliphatic carbocycles. The van der Waals surface area contributed by atoms with Gasteiger partial charge >= 0.3 is 0 Å². The number of rotatable bonds is 3. The zero-order valence-corrected chi connectivity index (χ0v) is 11.9. The Hall–Kier alpha value is -1.55. The first-order valence-corrected chi connectivity index (χ1v) is 7.36. The molecule has 4 heteroatoms. The van der Waals surface area contributed by atoms with Crippen molar-refractivity contribution in [1.82, 2.24) is 5.32 Å². The highest BCUT2D eigenvalue weighted by Crippen LogP contribution is 2.29. The molecule has 2 N–H and O–H groups in total. The molecule has 1 fully saturated rings. The molecule has 108 valence electrons. The van der Waals surface area contributed by atoms with Gasteiger partial charge in [-0.3, -0.25) is 4.79 Å². The molecule has 0 radical (unpaired) electrons. The van der Waals surface area contributed by atoms with Gasteiger partial charge in [0.1, 0.15) is 6.04 Å². The van der Waals surface area contributed by atoms with Gasteiger partial charge in [-0.1, -0.05) is 25.1 Å². The van der Waals surface area contributed by atoms with Crippen LogP contribution in [-0.2, 0) is 16.0 Å². The molecule has 1 amide bonds. The number of carbonyl (C=O) groups is 1. The summed E-state index contributed by atoms with van der Waals surface area (Å²) in [5, 5.41) is 6.41. The summed E-state index contributed by atoms with van der Waals surface area (Å²) < 4.78 is 5.39. The molecule has 1 atom stereocenters. The van der Waals surface area contributed by atoms with Crippen molar-refractivity contribution in [1.29, 1.82) is 0 Å². The Morgan fingerprint density at radius 1 is 1.40 bits per heavy atom. The highest BCUT2D eigenvalue weighted by atomic mass is 16.5. The summed E-state index contributed by atoms with van der Waals surface area (Å²) in [4.78, 5) is 12.3. The topological polar surface area (TPSA) is 50.4 Å².